The van der Waals surface area contributed by atoms with Gasteiger partial charge in [-0.05, 0) is 41.8 Å². The van der Waals surface area contributed by atoms with Crippen molar-refractivity contribution in [2.45, 2.75) is 12.3 Å². The Morgan fingerprint density at radius 2 is 1.65 bits per heavy atom. The van der Waals surface area contributed by atoms with Gasteiger partial charge < -0.3 is 14.4 Å². The Kier molecular flexibility index (Phi) is 5.48. The molecule has 4 nitrogen and oxygen atoms in total. The Morgan fingerprint density at radius 3 is 2.17 bits per heavy atom. The normalized spacial score (nSPS) is 11.4. The van der Waals surface area contributed by atoms with E-state index in [1.165, 1.54) is 0 Å². The first kappa shape index (κ1) is 16.7. The topological polar surface area (TPSA) is 45.5 Å². The average molecular weight is 310 g/mol. The fraction of sp³-hybridized carbons (Fsp3) is 0.316. The smallest absolute Gasteiger partial charge is 0.160 e. The van der Waals surface area contributed by atoms with E-state index in [0.717, 1.165) is 16.8 Å². The Bertz CT molecular complexity index is 688. The van der Waals surface area contributed by atoms with Gasteiger partial charge in [0.15, 0.2) is 11.5 Å². The molecule has 0 heterocycles. The highest BCUT2D eigenvalue weighted by Crippen LogP contribution is 2.30. The number of methoxy groups -OCH3 is 2. The molecule has 4 heteroatoms. The van der Waals surface area contributed by atoms with Crippen LogP contribution in [0.4, 0.5) is 5.69 Å². The van der Waals surface area contributed by atoms with Gasteiger partial charge in [-0.3, -0.25) is 0 Å². The molecule has 120 valence electrons. The summed E-state index contributed by atoms with van der Waals surface area (Å²) in [6, 6.07) is 16.3. The van der Waals surface area contributed by atoms with Gasteiger partial charge in [0.1, 0.15) is 0 Å². The molecule has 0 radical (unpaired) electrons. The third-order valence-corrected chi connectivity index (χ3v) is 3.86. The maximum absolute atomic E-state index is 9.53. The zero-order chi connectivity index (χ0) is 16.8. The Balaban J connectivity index is 2.21. The van der Waals surface area contributed by atoms with Gasteiger partial charge in [-0.1, -0.05) is 18.2 Å². The second-order valence-electron chi connectivity index (χ2n) is 5.56. The van der Waals surface area contributed by atoms with Crippen molar-refractivity contribution in [3.63, 3.8) is 0 Å². The van der Waals surface area contributed by atoms with Crippen LogP contribution < -0.4 is 14.4 Å². The van der Waals surface area contributed by atoms with Crippen LogP contribution >= 0.6 is 0 Å². The zero-order valence-corrected chi connectivity index (χ0v) is 14.0. The molecule has 0 aliphatic rings. The van der Waals surface area contributed by atoms with Crippen LogP contribution in [0.1, 0.15) is 17.0 Å². The lowest BCUT2D eigenvalue weighted by Crippen LogP contribution is -2.08. The van der Waals surface area contributed by atoms with Crippen LogP contribution in [0.5, 0.6) is 11.5 Å². The lowest BCUT2D eigenvalue weighted by molar-refractivity contribution is 0.354. The second kappa shape index (κ2) is 7.55. The molecule has 0 amide bonds. The predicted octanol–water partition coefficient (Wildman–Crippen LogP) is 3.62. The summed E-state index contributed by atoms with van der Waals surface area (Å²) in [5, 5.41) is 9.53. The second-order valence-corrected chi connectivity index (χ2v) is 5.56. The van der Waals surface area contributed by atoms with E-state index < -0.39 is 0 Å². The summed E-state index contributed by atoms with van der Waals surface area (Å²) in [5.74, 6) is 1.19. The molecule has 0 aliphatic heterocycles. The number of nitriles is 1. The monoisotopic (exact) mass is 310 g/mol. The minimum Gasteiger partial charge on any atom is -0.493 e. The summed E-state index contributed by atoms with van der Waals surface area (Å²) < 4.78 is 10.6. The molecule has 1 unspecified atom stereocenters. The van der Waals surface area contributed by atoms with Crippen LogP contribution in [0.2, 0.25) is 0 Å². The van der Waals surface area contributed by atoms with Crippen molar-refractivity contribution >= 4 is 5.69 Å². The van der Waals surface area contributed by atoms with Gasteiger partial charge in [0.05, 0.1) is 26.2 Å². The van der Waals surface area contributed by atoms with E-state index in [4.69, 9.17) is 9.47 Å². The Hall–Kier alpha value is -2.67. The molecular weight excluding hydrogens is 288 g/mol. The van der Waals surface area contributed by atoms with Crippen LogP contribution in [0, 0.1) is 11.3 Å². The van der Waals surface area contributed by atoms with Crippen molar-refractivity contribution in [3.8, 4) is 17.6 Å². The number of anilines is 1. The van der Waals surface area contributed by atoms with E-state index in [9.17, 15) is 5.26 Å². The van der Waals surface area contributed by atoms with E-state index in [1.807, 2.05) is 61.5 Å². The van der Waals surface area contributed by atoms with Gasteiger partial charge >= 0.3 is 0 Å². The maximum Gasteiger partial charge on any atom is 0.160 e. The molecule has 0 aromatic heterocycles. The van der Waals surface area contributed by atoms with Gasteiger partial charge in [0.25, 0.3) is 0 Å². The molecule has 2 aromatic rings. The van der Waals surface area contributed by atoms with E-state index >= 15 is 0 Å². The number of hydrogen-bond acceptors (Lipinski definition) is 4. The summed E-state index contributed by atoms with van der Waals surface area (Å²) >= 11 is 0. The van der Waals surface area contributed by atoms with Crippen molar-refractivity contribution in [1.82, 2.24) is 0 Å². The fourth-order valence-corrected chi connectivity index (χ4v) is 2.49. The minimum absolute atomic E-state index is 0.190. The molecule has 1 atom stereocenters. The molecule has 2 aromatic carbocycles. The number of ether oxygens (including phenoxy) is 2. The minimum atomic E-state index is -0.190. The fourth-order valence-electron chi connectivity index (χ4n) is 2.49. The lowest BCUT2D eigenvalue weighted by atomic mass is 9.93. The van der Waals surface area contributed by atoms with Crippen molar-refractivity contribution < 1.29 is 9.47 Å². The summed E-state index contributed by atoms with van der Waals surface area (Å²) in [6.45, 7) is 0. The molecule has 0 fully saturated rings. The molecule has 0 saturated carbocycles. The molecule has 0 spiro atoms. The first-order chi connectivity index (χ1) is 11.1. The number of benzene rings is 2. The standard InChI is InChI=1S/C19H22N2O2/c1-21(2)17-8-6-15(7-9-17)16(13-20)11-14-5-10-18(22-3)19(12-14)23-4/h5-10,12,16H,11H2,1-4H3. The van der Waals surface area contributed by atoms with Crippen molar-refractivity contribution in [1.29, 1.82) is 5.26 Å². The third-order valence-electron chi connectivity index (χ3n) is 3.86. The summed E-state index contributed by atoms with van der Waals surface area (Å²) in [6.07, 6.45) is 0.637. The highest BCUT2D eigenvalue weighted by molar-refractivity contribution is 5.48. The predicted molar refractivity (Wildman–Crippen MR) is 92.4 cm³/mol. The van der Waals surface area contributed by atoms with Gasteiger partial charge in [0, 0.05) is 19.8 Å². The largest absolute Gasteiger partial charge is 0.493 e. The molecule has 23 heavy (non-hydrogen) atoms. The van der Waals surface area contributed by atoms with Crippen molar-refractivity contribution in [3.05, 3.63) is 53.6 Å². The van der Waals surface area contributed by atoms with Crippen molar-refractivity contribution in [2.24, 2.45) is 0 Å². The molecule has 2 rings (SSSR count). The highest BCUT2D eigenvalue weighted by Gasteiger charge is 2.13. The molecule has 0 N–H and O–H groups in total. The van der Waals surface area contributed by atoms with Gasteiger partial charge in [-0.15, -0.1) is 0 Å². The third kappa shape index (κ3) is 3.95. The van der Waals surface area contributed by atoms with Gasteiger partial charge in [-0.25, -0.2) is 0 Å². The molecule has 0 saturated heterocycles. The highest BCUT2D eigenvalue weighted by atomic mass is 16.5. The number of nitrogens with zero attached hydrogens (tertiary/aromatic N) is 2. The number of rotatable bonds is 6. The average Bonchev–Trinajstić information content (AvgIpc) is 2.59. The van der Waals surface area contributed by atoms with Gasteiger partial charge in [-0.2, -0.15) is 5.26 Å². The van der Waals surface area contributed by atoms with Crippen LogP contribution in [-0.2, 0) is 6.42 Å². The lowest BCUT2D eigenvalue weighted by Gasteiger charge is -2.15. The summed E-state index contributed by atoms with van der Waals surface area (Å²) in [5.41, 5.74) is 3.19. The quantitative estimate of drug-likeness (QED) is 0.817. The van der Waals surface area contributed by atoms with E-state index in [0.29, 0.717) is 17.9 Å². The van der Waals surface area contributed by atoms with E-state index in [1.54, 1.807) is 14.2 Å². The Labute approximate surface area is 137 Å². The first-order valence-electron chi connectivity index (χ1n) is 7.46. The molecular formula is C19H22N2O2. The van der Waals surface area contributed by atoms with E-state index in [-0.39, 0.29) is 5.92 Å². The van der Waals surface area contributed by atoms with Gasteiger partial charge in [0.2, 0.25) is 0 Å². The summed E-state index contributed by atoms with van der Waals surface area (Å²) in [7, 11) is 7.23. The zero-order valence-electron chi connectivity index (χ0n) is 14.0. The van der Waals surface area contributed by atoms with Crippen LogP contribution in [0.15, 0.2) is 42.5 Å². The maximum atomic E-state index is 9.53. The number of hydrogen-bond donors (Lipinski definition) is 0. The molecule has 0 aliphatic carbocycles. The summed E-state index contributed by atoms with van der Waals surface area (Å²) in [4.78, 5) is 2.04. The Morgan fingerprint density at radius 1 is 1.00 bits per heavy atom. The van der Waals surface area contributed by atoms with Crippen LogP contribution in [0.25, 0.3) is 0 Å². The van der Waals surface area contributed by atoms with Crippen LogP contribution in [0.3, 0.4) is 0 Å². The first-order valence-corrected chi connectivity index (χ1v) is 7.46. The van der Waals surface area contributed by atoms with E-state index in [2.05, 4.69) is 6.07 Å². The molecule has 0 bridgehead atoms. The van der Waals surface area contributed by atoms with Crippen molar-refractivity contribution in [2.75, 3.05) is 33.2 Å². The van der Waals surface area contributed by atoms with Crippen LogP contribution in [-0.4, -0.2) is 28.3 Å². The SMILES string of the molecule is COc1ccc(CC(C#N)c2ccc(N(C)C)cc2)cc1OC.